The molecule has 0 spiro atoms. The quantitative estimate of drug-likeness (QED) is 0.838. The summed E-state index contributed by atoms with van der Waals surface area (Å²) in [6.45, 7) is 0.530. The fourth-order valence-electron chi connectivity index (χ4n) is 1.66. The average molecular weight is 242 g/mol. The van der Waals surface area contributed by atoms with Gasteiger partial charge in [-0.05, 0) is 29.8 Å². The third-order valence-corrected chi connectivity index (χ3v) is 2.77. The van der Waals surface area contributed by atoms with Crippen LogP contribution in [-0.2, 0) is 6.61 Å². The smallest absolute Gasteiger partial charge is 0.142 e. The van der Waals surface area contributed by atoms with Gasteiger partial charge in [-0.3, -0.25) is 0 Å². The molecule has 2 aromatic carbocycles. The lowest BCUT2D eigenvalue weighted by molar-refractivity contribution is 0.308. The molecule has 2 N–H and O–H groups in total. The highest BCUT2D eigenvalue weighted by molar-refractivity contribution is 5.52. The second-order valence-electron chi connectivity index (χ2n) is 4.39. The van der Waals surface area contributed by atoms with Crippen molar-refractivity contribution < 1.29 is 4.74 Å². The van der Waals surface area contributed by atoms with Gasteiger partial charge < -0.3 is 15.4 Å². The van der Waals surface area contributed by atoms with Crippen LogP contribution in [0, 0.1) is 0 Å². The Morgan fingerprint density at radius 1 is 1.00 bits per heavy atom. The highest BCUT2D eigenvalue weighted by Crippen LogP contribution is 2.21. The molecule has 0 aromatic heterocycles. The molecular weight excluding hydrogens is 224 g/mol. The van der Waals surface area contributed by atoms with Crippen molar-refractivity contribution in [2.75, 3.05) is 24.7 Å². The van der Waals surface area contributed by atoms with Gasteiger partial charge in [0.1, 0.15) is 12.4 Å². The molecule has 0 heterocycles. The van der Waals surface area contributed by atoms with E-state index in [-0.39, 0.29) is 0 Å². The van der Waals surface area contributed by atoms with E-state index in [9.17, 15) is 0 Å². The van der Waals surface area contributed by atoms with Crippen LogP contribution in [0.4, 0.5) is 11.4 Å². The number of hydrogen-bond donors (Lipinski definition) is 1. The minimum absolute atomic E-state index is 0.530. The van der Waals surface area contributed by atoms with Crippen LogP contribution in [0.25, 0.3) is 0 Å². The maximum Gasteiger partial charge on any atom is 0.142 e. The number of anilines is 2. The van der Waals surface area contributed by atoms with Gasteiger partial charge in [0.15, 0.2) is 0 Å². The Labute approximate surface area is 108 Å². The van der Waals surface area contributed by atoms with Crippen LogP contribution < -0.4 is 15.4 Å². The minimum atomic E-state index is 0.530. The largest absolute Gasteiger partial charge is 0.487 e. The molecule has 3 nitrogen and oxygen atoms in total. The lowest BCUT2D eigenvalue weighted by Crippen LogP contribution is -2.08. The number of nitrogens with zero attached hydrogens (tertiary/aromatic N) is 1. The molecular formula is C15H18N2O. The van der Waals surface area contributed by atoms with Crippen molar-refractivity contribution >= 4 is 11.4 Å². The Bertz CT molecular complexity index is 506. The molecule has 0 bridgehead atoms. The Hall–Kier alpha value is -2.16. The zero-order valence-electron chi connectivity index (χ0n) is 10.8. The third-order valence-electron chi connectivity index (χ3n) is 2.77. The Morgan fingerprint density at radius 2 is 1.67 bits per heavy atom. The van der Waals surface area contributed by atoms with E-state index in [1.807, 2.05) is 38.4 Å². The number of hydrogen-bond acceptors (Lipinski definition) is 3. The van der Waals surface area contributed by atoms with E-state index in [1.165, 1.54) is 5.69 Å². The van der Waals surface area contributed by atoms with Crippen molar-refractivity contribution in [1.82, 2.24) is 0 Å². The Kier molecular flexibility index (Phi) is 3.72. The second kappa shape index (κ2) is 5.45. The number of rotatable bonds is 4. The zero-order chi connectivity index (χ0) is 13.0. The molecule has 0 saturated carbocycles. The molecule has 2 rings (SSSR count). The van der Waals surface area contributed by atoms with Crippen LogP contribution in [0.5, 0.6) is 5.75 Å². The van der Waals surface area contributed by atoms with E-state index in [0.717, 1.165) is 11.3 Å². The maximum atomic E-state index is 5.82. The number of ether oxygens (including phenoxy) is 1. The van der Waals surface area contributed by atoms with Gasteiger partial charge in [-0.15, -0.1) is 0 Å². The van der Waals surface area contributed by atoms with Crippen molar-refractivity contribution in [2.45, 2.75) is 6.61 Å². The van der Waals surface area contributed by atoms with Gasteiger partial charge in [0.25, 0.3) is 0 Å². The van der Waals surface area contributed by atoms with E-state index in [2.05, 4.69) is 29.2 Å². The first-order valence-electron chi connectivity index (χ1n) is 5.90. The monoisotopic (exact) mass is 242 g/mol. The first-order valence-corrected chi connectivity index (χ1v) is 5.90. The Morgan fingerprint density at radius 3 is 2.28 bits per heavy atom. The summed E-state index contributed by atoms with van der Waals surface area (Å²) in [7, 11) is 4.05. The van der Waals surface area contributed by atoms with Gasteiger partial charge in [0.2, 0.25) is 0 Å². The summed E-state index contributed by atoms with van der Waals surface area (Å²) in [6, 6.07) is 15.8. The second-order valence-corrected chi connectivity index (χ2v) is 4.39. The predicted molar refractivity (Wildman–Crippen MR) is 76.0 cm³/mol. The van der Waals surface area contributed by atoms with Crippen molar-refractivity contribution in [3.05, 3.63) is 54.1 Å². The summed E-state index contributed by atoms with van der Waals surface area (Å²) in [4.78, 5) is 2.07. The number of benzene rings is 2. The van der Waals surface area contributed by atoms with Crippen LogP contribution in [0.15, 0.2) is 48.5 Å². The third kappa shape index (κ3) is 2.94. The van der Waals surface area contributed by atoms with E-state index in [1.54, 1.807) is 0 Å². The summed E-state index contributed by atoms with van der Waals surface area (Å²) in [6.07, 6.45) is 0. The van der Waals surface area contributed by atoms with Crippen molar-refractivity contribution in [3.8, 4) is 5.75 Å². The van der Waals surface area contributed by atoms with Gasteiger partial charge in [-0.1, -0.05) is 24.3 Å². The molecule has 0 aliphatic rings. The maximum absolute atomic E-state index is 5.82. The lowest BCUT2D eigenvalue weighted by atomic mass is 10.2. The summed E-state index contributed by atoms with van der Waals surface area (Å²) >= 11 is 0. The molecule has 0 aliphatic carbocycles. The summed E-state index contributed by atoms with van der Waals surface area (Å²) in [5.41, 5.74) is 8.79. The van der Waals surface area contributed by atoms with E-state index in [4.69, 9.17) is 10.5 Å². The first-order chi connectivity index (χ1) is 8.66. The highest BCUT2D eigenvalue weighted by atomic mass is 16.5. The van der Waals surface area contributed by atoms with E-state index in [0.29, 0.717) is 12.3 Å². The molecule has 0 fully saturated rings. The van der Waals surface area contributed by atoms with Crippen LogP contribution in [0.1, 0.15) is 5.56 Å². The molecule has 18 heavy (non-hydrogen) atoms. The number of nitrogen functional groups attached to an aromatic ring is 1. The minimum Gasteiger partial charge on any atom is -0.487 e. The molecule has 0 amide bonds. The topological polar surface area (TPSA) is 38.5 Å². The molecule has 2 aromatic rings. The molecule has 0 saturated heterocycles. The number of nitrogens with two attached hydrogens (primary N) is 1. The molecule has 0 atom stereocenters. The number of para-hydroxylation sites is 2. The zero-order valence-corrected chi connectivity index (χ0v) is 10.8. The predicted octanol–water partition coefficient (Wildman–Crippen LogP) is 2.91. The summed E-state index contributed by atoms with van der Waals surface area (Å²) in [5, 5.41) is 0. The van der Waals surface area contributed by atoms with Crippen LogP contribution in [0.2, 0.25) is 0 Å². The van der Waals surface area contributed by atoms with Crippen molar-refractivity contribution in [1.29, 1.82) is 0 Å². The molecule has 0 aliphatic heterocycles. The summed E-state index contributed by atoms with van der Waals surface area (Å²) < 4.78 is 5.68. The molecule has 94 valence electrons. The van der Waals surface area contributed by atoms with Gasteiger partial charge >= 0.3 is 0 Å². The Balaban J connectivity index is 2.00. The highest BCUT2D eigenvalue weighted by Gasteiger charge is 2.00. The van der Waals surface area contributed by atoms with E-state index < -0.39 is 0 Å². The fraction of sp³-hybridized carbons (Fsp3) is 0.200. The SMILES string of the molecule is CN(C)c1ccc(COc2ccccc2N)cc1. The van der Waals surface area contributed by atoms with Gasteiger partial charge in [-0.2, -0.15) is 0 Å². The van der Waals surface area contributed by atoms with E-state index >= 15 is 0 Å². The fourth-order valence-corrected chi connectivity index (χ4v) is 1.66. The molecule has 0 unspecified atom stereocenters. The van der Waals surface area contributed by atoms with Crippen LogP contribution in [0.3, 0.4) is 0 Å². The van der Waals surface area contributed by atoms with Gasteiger partial charge in [-0.25, -0.2) is 0 Å². The molecule has 3 heteroatoms. The van der Waals surface area contributed by atoms with Crippen molar-refractivity contribution in [3.63, 3.8) is 0 Å². The average Bonchev–Trinajstić information content (AvgIpc) is 2.38. The van der Waals surface area contributed by atoms with Gasteiger partial charge in [0.05, 0.1) is 5.69 Å². The first kappa shape index (κ1) is 12.3. The van der Waals surface area contributed by atoms with Gasteiger partial charge in [0, 0.05) is 19.8 Å². The lowest BCUT2D eigenvalue weighted by Gasteiger charge is -2.13. The van der Waals surface area contributed by atoms with Crippen LogP contribution >= 0.6 is 0 Å². The molecule has 0 radical (unpaired) electrons. The summed E-state index contributed by atoms with van der Waals surface area (Å²) in [5.74, 6) is 0.731. The van der Waals surface area contributed by atoms with Crippen LogP contribution in [-0.4, -0.2) is 14.1 Å². The standard InChI is InChI=1S/C15H18N2O/c1-17(2)13-9-7-12(8-10-13)11-18-15-6-4-3-5-14(15)16/h3-10H,11,16H2,1-2H3. The van der Waals surface area contributed by atoms with Crippen molar-refractivity contribution in [2.24, 2.45) is 0 Å². The normalized spacial score (nSPS) is 10.1.